The molecule has 2 rings (SSSR count). The lowest BCUT2D eigenvalue weighted by Crippen LogP contribution is -2.12. The lowest BCUT2D eigenvalue weighted by atomic mass is 10.2. The lowest BCUT2D eigenvalue weighted by molar-refractivity contribution is -0.142. The first kappa shape index (κ1) is 17.4. The molecule has 9 heteroatoms. The summed E-state index contributed by atoms with van der Waals surface area (Å²) < 4.78 is 41.3. The lowest BCUT2D eigenvalue weighted by Gasteiger charge is -2.09. The maximum absolute atomic E-state index is 12.8. The number of hydrogen-bond donors (Lipinski definition) is 1. The Bertz CT molecular complexity index is 603. The van der Waals surface area contributed by atoms with E-state index in [2.05, 4.69) is 15.5 Å². The van der Waals surface area contributed by atoms with E-state index in [1.807, 2.05) is 13.8 Å². The highest BCUT2D eigenvalue weighted by atomic mass is 35.5. The number of rotatable bonds is 4. The molecule has 118 valence electrons. The second kappa shape index (κ2) is 6.38. The average Bonchev–Trinajstić information content (AvgIpc) is 2.88. The fourth-order valence-electron chi connectivity index (χ4n) is 2.02. The molecule has 0 unspecified atom stereocenters. The first-order valence-electron chi connectivity index (χ1n) is 6.19. The molecule has 0 saturated carbocycles. The molecule has 0 spiro atoms. The SMILES string of the molecule is CCn1nc(C)cc1NCc1cn(C)nc1C(F)(F)F.Cl. The maximum atomic E-state index is 12.8. The number of hydrogen-bond acceptors (Lipinski definition) is 3. The summed E-state index contributed by atoms with van der Waals surface area (Å²) in [6.07, 6.45) is -3.07. The topological polar surface area (TPSA) is 47.7 Å². The van der Waals surface area contributed by atoms with Crippen LogP contribution >= 0.6 is 12.4 Å². The molecule has 2 heterocycles. The van der Waals surface area contributed by atoms with E-state index in [1.165, 1.54) is 17.9 Å². The second-order valence-corrected chi connectivity index (χ2v) is 4.51. The molecular weight excluding hydrogens is 307 g/mol. The summed E-state index contributed by atoms with van der Waals surface area (Å²) in [6, 6.07) is 1.80. The largest absolute Gasteiger partial charge is 0.435 e. The fraction of sp³-hybridized carbons (Fsp3) is 0.500. The number of alkyl halides is 3. The van der Waals surface area contributed by atoms with Crippen molar-refractivity contribution in [2.45, 2.75) is 33.1 Å². The van der Waals surface area contributed by atoms with E-state index in [0.29, 0.717) is 12.4 Å². The molecule has 0 atom stereocenters. The normalized spacial score (nSPS) is 11.3. The minimum absolute atomic E-state index is 0. The Balaban J connectivity index is 0.00000220. The third-order valence-corrected chi connectivity index (χ3v) is 2.83. The molecule has 2 aromatic heterocycles. The van der Waals surface area contributed by atoms with Crippen molar-refractivity contribution in [2.75, 3.05) is 5.32 Å². The van der Waals surface area contributed by atoms with Crippen LogP contribution in [-0.2, 0) is 26.3 Å². The zero-order chi connectivity index (χ0) is 14.9. The number of anilines is 1. The smallest absolute Gasteiger partial charge is 0.366 e. The molecule has 0 aliphatic heterocycles. The zero-order valence-corrected chi connectivity index (χ0v) is 12.7. The van der Waals surface area contributed by atoms with E-state index in [4.69, 9.17) is 0 Å². The Labute approximate surface area is 126 Å². The Morgan fingerprint density at radius 2 is 1.95 bits per heavy atom. The van der Waals surface area contributed by atoms with E-state index in [0.717, 1.165) is 5.69 Å². The molecule has 5 nitrogen and oxygen atoms in total. The van der Waals surface area contributed by atoms with Gasteiger partial charge in [-0.05, 0) is 13.8 Å². The van der Waals surface area contributed by atoms with Gasteiger partial charge in [-0.15, -0.1) is 12.4 Å². The van der Waals surface area contributed by atoms with E-state index in [1.54, 1.807) is 10.7 Å². The van der Waals surface area contributed by atoms with Gasteiger partial charge in [0.1, 0.15) is 5.82 Å². The predicted octanol–water partition coefficient (Wildman–Crippen LogP) is 3.00. The molecule has 0 amide bonds. The monoisotopic (exact) mass is 323 g/mol. The molecule has 0 fully saturated rings. The van der Waals surface area contributed by atoms with Gasteiger partial charge in [-0.1, -0.05) is 0 Å². The van der Waals surface area contributed by atoms with Gasteiger partial charge < -0.3 is 5.32 Å². The Kier molecular flexibility index (Phi) is 5.27. The van der Waals surface area contributed by atoms with Crippen LogP contribution in [0.4, 0.5) is 19.0 Å². The number of aromatic nitrogens is 4. The van der Waals surface area contributed by atoms with Gasteiger partial charge >= 0.3 is 6.18 Å². The van der Waals surface area contributed by atoms with E-state index in [9.17, 15) is 13.2 Å². The molecule has 0 bridgehead atoms. The van der Waals surface area contributed by atoms with Gasteiger partial charge in [0.2, 0.25) is 0 Å². The Morgan fingerprint density at radius 1 is 1.29 bits per heavy atom. The van der Waals surface area contributed by atoms with Crippen molar-refractivity contribution in [3.05, 3.63) is 29.2 Å². The summed E-state index contributed by atoms with van der Waals surface area (Å²) >= 11 is 0. The van der Waals surface area contributed by atoms with Crippen molar-refractivity contribution in [1.29, 1.82) is 0 Å². The van der Waals surface area contributed by atoms with Gasteiger partial charge in [-0.2, -0.15) is 23.4 Å². The van der Waals surface area contributed by atoms with Gasteiger partial charge in [-0.25, -0.2) is 4.68 Å². The highest BCUT2D eigenvalue weighted by Gasteiger charge is 2.36. The van der Waals surface area contributed by atoms with Crippen molar-refractivity contribution in [1.82, 2.24) is 19.6 Å². The number of aryl methyl sites for hydroxylation is 3. The summed E-state index contributed by atoms with van der Waals surface area (Å²) in [5, 5.41) is 10.7. The summed E-state index contributed by atoms with van der Waals surface area (Å²) in [6.45, 7) is 4.45. The quantitative estimate of drug-likeness (QED) is 0.941. The minimum Gasteiger partial charge on any atom is -0.366 e. The van der Waals surface area contributed by atoms with Gasteiger partial charge in [0.05, 0.1) is 5.69 Å². The molecular formula is C12H17ClF3N5. The van der Waals surface area contributed by atoms with Crippen molar-refractivity contribution in [3.8, 4) is 0 Å². The molecule has 0 radical (unpaired) electrons. The molecule has 2 aromatic rings. The predicted molar refractivity (Wildman–Crippen MR) is 75.4 cm³/mol. The van der Waals surface area contributed by atoms with Gasteiger partial charge in [0.15, 0.2) is 5.69 Å². The van der Waals surface area contributed by atoms with Crippen LogP contribution in [0, 0.1) is 6.92 Å². The molecule has 1 N–H and O–H groups in total. The van der Waals surface area contributed by atoms with Crippen LogP contribution in [0.25, 0.3) is 0 Å². The van der Waals surface area contributed by atoms with Crippen molar-refractivity contribution < 1.29 is 13.2 Å². The Hall–Kier alpha value is -1.70. The van der Waals surface area contributed by atoms with Gasteiger partial charge in [0.25, 0.3) is 0 Å². The zero-order valence-electron chi connectivity index (χ0n) is 11.9. The third-order valence-electron chi connectivity index (χ3n) is 2.83. The standard InChI is InChI=1S/C12H16F3N5.ClH/c1-4-20-10(5-8(2)17-20)16-6-9-7-19(3)18-11(9)12(13,14)15;/h5,7,16H,4,6H2,1-3H3;1H. The first-order valence-corrected chi connectivity index (χ1v) is 6.19. The van der Waals surface area contributed by atoms with Gasteiger partial charge in [0, 0.05) is 38.0 Å². The van der Waals surface area contributed by atoms with Crippen molar-refractivity contribution in [2.24, 2.45) is 7.05 Å². The molecule has 0 aliphatic carbocycles. The first-order chi connectivity index (χ1) is 9.31. The highest BCUT2D eigenvalue weighted by molar-refractivity contribution is 5.85. The second-order valence-electron chi connectivity index (χ2n) is 4.51. The average molecular weight is 324 g/mol. The molecule has 0 aliphatic rings. The summed E-state index contributed by atoms with van der Waals surface area (Å²) in [5.41, 5.74) is 0.0740. The van der Waals surface area contributed by atoms with Crippen LogP contribution in [-0.4, -0.2) is 19.6 Å². The molecule has 21 heavy (non-hydrogen) atoms. The molecule has 0 saturated heterocycles. The minimum atomic E-state index is -4.45. The van der Waals surface area contributed by atoms with Crippen LogP contribution in [0.15, 0.2) is 12.3 Å². The number of halogens is 4. The van der Waals surface area contributed by atoms with Crippen LogP contribution in [0.5, 0.6) is 0 Å². The van der Waals surface area contributed by atoms with E-state index in [-0.39, 0.29) is 24.5 Å². The van der Waals surface area contributed by atoms with Crippen LogP contribution in [0.1, 0.15) is 23.9 Å². The maximum Gasteiger partial charge on any atom is 0.435 e. The van der Waals surface area contributed by atoms with Crippen LogP contribution < -0.4 is 5.32 Å². The highest BCUT2D eigenvalue weighted by Crippen LogP contribution is 2.30. The van der Waals surface area contributed by atoms with Crippen LogP contribution in [0.2, 0.25) is 0 Å². The van der Waals surface area contributed by atoms with Crippen molar-refractivity contribution >= 4 is 18.2 Å². The summed E-state index contributed by atoms with van der Waals surface area (Å²) in [4.78, 5) is 0. The summed E-state index contributed by atoms with van der Waals surface area (Å²) in [7, 11) is 1.47. The fourth-order valence-corrected chi connectivity index (χ4v) is 2.02. The van der Waals surface area contributed by atoms with E-state index >= 15 is 0 Å². The number of nitrogens with one attached hydrogen (secondary N) is 1. The van der Waals surface area contributed by atoms with Crippen LogP contribution in [0.3, 0.4) is 0 Å². The summed E-state index contributed by atoms with van der Waals surface area (Å²) in [5.74, 6) is 0.696. The molecule has 0 aromatic carbocycles. The van der Waals surface area contributed by atoms with Crippen molar-refractivity contribution in [3.63, 3.8) is 0 Å². The number of nitrogens with zero attached hydrogens (tertiary/aromatic N) is 4. The van der Waals surface area contributed by atoms with Gasteiger partial charge in [-0.3, -0.25) is 4.68 Å². The third kappa shape index (κ3) is 3.90. The Morgan fingerprint density at radius 3 is 2.52 bits per heavy atom. The van der Waals surface area contributed by atoms with E-state index < -0.39 is 11.9 Å².